The minimum absolute atomic E-state index is 0.00734. The normalized spacial score (nSPS) is 39.5. The first-order valence-corrected chi connectivity index (χ1v) is 4.55. The zero-order valence-corrected chi connectivity index (χ0v) is 8.48. The zero-order valence-electron chi connectivity index (χ0n) is 8.48. The average Bonchev–Trinajstić information content (AvgIpc) is 1.82. The second-order valence-electron chi connectivity index (χ2n) is 5.28. The highest BCUT2D eigenvalue weighted by Crippen LogP contribution is 2.26. The van der Waals surface area contributed by atoms with Crippen molar-refractivity contribution >= 4 is 0 Å². The van der Waals surface area contributed by atoms with E-state index in [1.807, 2.05) is 13.8 Å². The molecule has 0 bridgehead atoms. The maximum Gasteiger partial charge on any atom is 0.0932 e. The number of rotatable bonds is 0. The molecular weight excluding hydrogens is 152 g/mol. The lowest BCUT2D eigenvalue weighted by Gasteiger charge is -2.51. The third kappa shape index (κ3) is 1.63. The molecule has 0 radical (unpaired) electrons. The van der Waals surface area contributed by atoms with Gasteiger partial charge in [-0.3, -0.25) is 0 Å². The standard InChI is InChI=1S/C9H20N2O/c1-8(2)6-11(12)9(3,4)5-7(8)10/h7,11H,5-6,10H2,1-4H3. The van der Waals surface area contributed by atoms with Crippen molar-refractivity contribution in [1.29, 1.82) is 0 Å². The Labute approximate surface area is 74.5 Å². The van der Waals surface area contributed by atoms with Gasteiger partial charge in [0.05, 0.1) is 12.1 Å². The summed E-state index contributed by atoms with van der Waals surface area (Å²) < 4.78 is 0. The monoisotopic (exact) mass is 172 g/mol. The van der Waals surface area contributed by atoms with Crippen LogP contribution >= 0.6 is 0 Å². The predicted octanol–water partition coefficient (Wildman–Crippen LogP) is -0.0951. The van der Waals surface area contributed by atoms with Crippen molar-refractivity contribution in [3.8, 4) is 0 Å². The van der Waals surface area contributed by atoms with Gasteiger partial charge in [-0.15, -0.1) is 0 Å². The molecule has 0 aliphatic carbocycles. The molecular formula is C9H20N2O. The van der Waals surface area contributed by atoms with E-state index < -0.39 is 0 Å². The highest BCUT2D eigenvalue weighted by Gasteiger charge is 2.43. The van der Waals surface area contributed by atoms with E-state index in [2.05, 4.69) is 13.8 Å². The van der Waals surface area contributed by atoms with E-state index in [-0.39, 0.29) is 17.0 Å². The molecule has 0 amide bonds. The zero-order chi connectivity index (χ0) is 9.57. The number of hydroxylamine groups is 2. The van der Waals surface area contributed by atoms with Crippen LogP contribution in [0.3, 0.4) is 0 Å². The number of piperidine rings is 1. The molecule has 2 atom stereocenters. The molecule has 3 nitrogen and oxygen atoms in total. The van der Waals surface area contributed by atoms with E-state index in [9.17, 15) is 5.21 Å². The van der Waals surface area contributed by atoms with Crippen molar-refractivity contribution in [2.24, 2.45) is 11.1 Å². The van der Waals surface area contributed by atoms with Gasteiger partial charge in [-0.25, -0.2) is 0 Å². The van der Waals surface area contributed by atoms with Gasteiger partial charge in [0.2, 0.25) is 0 Å². The van der Waals surface area contributed by atoms with E-state index >= 15 is 0 Å². The van der Waals surface area contributed by atoms with Crippen LogP contribution in [0.15, 0.2) is 0 Å². The number of hydrogen-bond donors (Lipinski definition) is 2. The van der Waals surface area contributed by atoms with Crippen molar-refractivity contribution in [3.63, 3.8) is 0 Å². The van der Waals surface area contributed by atoms with Crippen LogP contribution in [0.5, 0.6) is 0 Å². The second kappa shape index (κ2) is 2.69. The van der Waals surface area contributed by atoms with E-state index in [1.54, 1.807) is 0 Å². The fourth-order valence-electron chi connectivity index (χ4n) is 1.72. The van der Waals surface area contributed by atoms with Crippen LogP contribution < -0.4 is 10.8 Å². The van der Waals surface area contributed by atoms with Crippen molar-refractivity contribution in [1.82, 2.24) is 0 Å². The highest BCUT2D eigenvalue weighted by atomic mass is 16.5. The van der Waals surface area contributed by atoms with E-state index in [0.29, 0.717) is 11.6 Å². The lowest BCUT2D eigenvalue weighted by molar-refractivity contribution is -0.914. The molecule has 2 unspecified atom stereocenters. The van der Waals surface area contributed by atoms with Crippen LogP contribution in [0.1, 0.15) is 34.1 Å². The second-order valence-corrected chi connectivity index (χ2v) is 5.28. The van der Waals surface area contributed by atoms with E-state index in [0.717, 1.165) is 6.42 Å². The molecule has 1 saturated heterocycles. The van der Waals surface area contributed by atoms with Crippen LogP contribution in [0.2, 0.25) is 0 Å². The first kappa shape index (κ1) is 9.96. The lowest BCUT2D eigenvalue weighted by atomic mass is 9.74. The van der Waals surface area contributed by atoms with Crippen LogP contribution in [0, 0.1) is 10.6 Å². The molecule has 3 heteroatoms. The molecule has 0 aromatic heterocycles. The summed E-state index contributed by atoms with van der Waals surface area (Å²) in [5.41, 5.74) is 5.79. The third-order valence-corrected chi connectivity index (χ3v) is 3.11. The van der Waals surface area contributed by atoms with Crippen LogP contribution in [0.25, 0.3) is 0 Å². The SMILES string of the molecule is CC1(C)C[NH+]([O-])C(C)(C)CC1N. The fourth-order valence-corrected chi connectivity index (χ4v) is 1.72. The first-order valence-electron chi connectivity index (χ1n) is 4.55. The Hall–Kier alpha value is -0.120. The van der Waals surface area contributed by atoms with E-state index in [1.165, 1.54) is 0 Å². The maximum absolute atomic E-state index is 11.6. The van der Waals surface area contributed by atoms with Gasteiger partial charge >= 0.3 is 0 Å². The molecule has 1 aliphatic rings. The largest absolute Gasteiger partial charge is 0.634 e. The van der Waals surface area contributed by atoms with Gasteiger partial charge < -0.3 is 16.0 Å². The van der Waals surface area contributed by atoms with Gasteiger partial charge in [0.15, 0.2) is 0 Å². The Morgan fingerprint density at radius 3 is 2.25 bits per heavy atom. The van der Waals surface area contributed by atoms with Gasteiger partial charge in [-0.05, 0) is 13.8 Å². The Morgan fingerprint density at radius 2 is 1.83 bits per heavy atom. The first-order chi connectivity index (χ1) is 5.26. The topological polar surface area (TPSA) is 53.5 Å². The summed E-state index contributed by atoms with van der Waals surface area (Å²) in [7, 11) is 0. The highest BCUT2D eigenvalue weighted by molar-refractivity contribution is 4.90. The molecule has 1 fully saturated rings. The maximum atomic E-state index is 11.6. The van der Waals surface area contributed by atoms with Crippen molar-refractivity contribution in [2.75, 3.05) is 6.54 Å². The predicted molar refractivity (Wildman–Crippen MR) is 49.6 cm³/mol. The molecule has 12 heavy (non-hydrogen) atoms. The summed E-state index contributed by atoms with van der Waals surface area (Å²) in [6.07, 6.45) is 0.818. The number of nitrogens with one attached hydrogen (secondary N) is 1. The molecule has 0 aromatic rings. The Bertz CT molecular complexity index is 157. The number of nitrogens with two attached hydrogens (primary N) is 1. The Balaban J connectivity index is 2.76. The van der Waals surface area contributed by atoms with Crippen molar-refractivity contribution in [3.05, 3.63) is 5.21 Å². The summed E-state index contributed by atoms with van der Waals surface area (Å²) in [4.78, 5) is 0. The minimum Gasteiger partial charge on any atom is -0.634 e. The summed E-state index contributed by atoms with van der Waals surface area (Å²) in [6.45, 7) is 8.76. The van der Waals surface area contributed by atoms with Crippen LogP contribution in [-0.2, 0) is 0 Å². The third-order valence-electron chi connectivity index (χ3n) is 3.11. The summed E-state index contributed by atoms with van der Waals surface area (Å²) in [5.74, 6) is 0. The van der Waals surface area contributed by atoms with Crippen LogP contribution in [0.4, 0.5) is 0 Å². The van der Waals surface area contributed by atoms with Gasteiger partial charge in [0.1, 0.15) is 0 Å². The molecule has 72 valence electrons. The molecule has 3 N–H and O–H groups in total. The Morgan fingerprint density at radius 1 is 1.33 bits per heavy atom. The number of quaternary nitrogens is 1. The Kier molecular flexibility index (Phi) is 2.23. The summed E-state index contributed by atoms with van der Waals surface area (Å²) >= 11 is 0. The molecule has 1 heterocycles. The van der Waals surface area contributed by atoms with Crippen molar-refractivity contribution < 1.29 is 5.06 Å². The smallest absolute Gasteiger partial charge is 0.0932 e. The molecule has 0 spiro atoms. The van der Waals surface area contributed by atoms with Gasteiger partial charge in [-0.2, -0.15) is 0 Å². The van der Waals surface area contributed by atoms with Gasteiger partial charge in [0.25, 0.3) is 0 Å². The number of hydrogen-bond acceptors (Lipinski definition) is 2. The average molecular weight is 172 g/mol. The quantitative estimate of drug-likeness (QED) is 0.502. The molecule has 1 aliphatic heterocycles. The summed E-state index contributed by atoms with van der Waals surface area (Å²) in [5, 5.41) is 12.0. The van der Waals surface area contributed by atoms with Gasteiger partial charge in [-0.1, -0.05) is 13.8 Å². The minimum atomic E-state index is -0.199. The molecule has 1 rings (SSSR count). The van der Waals surface area contributed by atoms with Gasteiger partial charge in [0, 0.05) is 17.9 Å². The van der Waals surface area contributed by atoms with Crippen molar-refractivity contribution in [2.45, 2.75) is 45.7 Å². The summed E-state index contributed by atoms with van der Waals surface area (Å²) in [6, 6.07) is 0.158. The fraction of sp³-hybridized carbons (Fsp3) is 1.00. The van der Waals surface area contributed by atoms with E-state index in [4.69, 9.17) is 5.73 Å². The molecule has 0 aromatic carbocycles. The molecule has 0 saturated carbocycles. The lowest BCUT2D eigenvalue weighted by Crippen LogP contribution is -3.18. The van der Waals surface area contributed by atoms with Crippen LogP contribution in [-0.4, -0.2) is 18.1 Å².